The first kappa shape index (κ1) is 33.5. The summed E-state index contributed by atoms with van der Waals surface area (Å²) < 4.78 is 2.18. The van der Waals surface area contributed by atoms with Crippen molar-refractivity contribution in [2.45, 2.75) is 27.2 Å². The molecule has 0 aliphatic heterocycles. The van der Waals surface area contributed by atoms with E-state index in [-0.39, 0.29) is 0 Å². The van der Waals surface area contributed by atoms with E-state index in [1.807, 2.05) is 24.3 Å². The van der Waals surface area contributed by atoms with E-state index in [2.05, 4.69) is 154 Å². The second-order valence-electron chi connectivity index (χ2n) is 13.5. The van der Waals surface area contributed by atoms with Gasteiger partial charge in [0.15, 0.2) is 11.6 Å². The van der Waals surface area contributed by atoms with Crippen molar-refractivity contribution >= 4 is 27.4 Å². The van der Waals surface area contributed by atoms with Crippen molar-refractivity contribution in [2.24, 2.45) is 0 Å². The van der Waals surface area contributed by atoms with Crippen LogP contribution in [0.5, 0.6) is 0 Å². The van der Waals surface area contributed by atoms with Gasteiger partial charge in [0.1, 0.15) is 0 Å². The normalized spacial score (nSPS) is 11.9. The number of aryl methyl sites for hydroxylation is 3. The summed E-state index contributed by atoms with van der Waals surface area (Å²) in [5.74, 6) is 1.75. The van der Waals surface area contributed by atoms with Gasteiger partial charge in [-0.25, -0.2) is 4.98 Å². The first-order valence-corrected chi connectivity index (χ1v) is 18.0. The summed E-state index contributed by atoms with van der Waals surface area (Å²) in [6, 6.07) is 46.8. The minimum Gasteiger partial charge on any atom is -0.278 e. The quantitative estimate of drug-likeness (QED) is 0.164. The number of rotatable bonds is 6. The highest BCUT2D eigenvalue weighted by atomic mass is 15.2. The molecule has 0 saturated heterocycles. The van der Waals surface area contributed by atoms with Gasteiger partial charge >= 0.3 is 0 Å². The molecule has 0 atom stereocenters. The maximum atomic E-state index is 5.25. The Bertz CT molecular complexity index is 2710. The van der Waals surface area contributed by atoms with Crippen LogP contribution in [0.2, 0.25) is 0 Å². The van der Waals surface area contributed by atoms with Crippen molar-refractivity contribution in [3.8, 4) is 39.6 Å². The van der Waals surface area contributed by atoms with Crippen molar-refractivity contribution in [2.75, 3.05) is 0 Å². The van der Waals surface area contributed by atoms with Gasteiger partial charge in [-0.3, -0.25) is 4.57 Å². The number of hydrogen-bond donors (Lipinski definition) is 0. The van der Waals surface area contributed by atoms with Gasteiger partial charge in [0, 0.05) is 21.9 Å². The van der Waals surface area contributed by atoms with Gasteiger partial charge in [-0.15, -0.1) is 0 Å². The molecule has 0 fully saturated rings. The third-order valence-corrected chi connectivity index (χ3v) is 10.1. The van der Waals surface area contributed by atoms with Crippen LogP contribution in [-0.4, -0.2) is 19.5 Å². The average molecular weight is 685 g/mol. The van der Waals surface area contributed by atoms with Crippen molar-refractivity contribution in [3.05, 3.63) is 198 Å². The summed E-state index contributed by atoms with van der Waals surface area (Å²) in [7, 11) is 0. The molecule has 9 rings (SSSR count). The highest BCUT2D eigenvalue weighted by Crippen LogP contribution is 2.43. The number of benzene rings is 6. The van der Waals surface area contributed by atoms with Crippen LogP contribution in [0.3, 0.4) is 0 Å². The van der Waals surface area contributed by atoms with E-state index in [0.717, 1.165) is 34.0 Å². The van der Waals surface area contributed by atoms with Gasteiger partial charge in [0.2, 0.25) is 5.95 Å². The van der Waals surface area contributed by atoms with Crippen LogP contribution >= 0.6 is 0 Å². The number of aromatic nitrogens is 4. The number of fused-ring (bicyclic) bond motifs is 6. The fourth-order valence-corrected chi connectivity index (χ4v) is 7.60. The molecule has 0 unspecified atom stereocenters. The van der Waals surface area contributed by atoms with Gasteiger partial charge in [-0.05, 0) is 83.8 Å². The lowest BCUT2D eigenvalue weighted by Crippen LogP contribution is -2.08. The minimum absolute atomic E-state index is 0.554. The van der Waals surface area contributed by atoms with Crippen molar-refractivity contribution < 1.29 is 0 Å². The fraction of sp³-hybridized carbons (Fsp3) is 0.0816. The zero-order chi connectivity index (χ0) is 36.5. The Kier molecular flexibility index (Phi) is 8.95. The minimum atomic E-state index is 0.554. The average Bonchev–Trinajstić information content (AvgIpc) is 3.74. The molecule has 53 heavy (non-hydrogen) atoms. The third kappa shape index (κ3) is 6.08. The molecule has 0 N–H and O–H groups in total. The van der Waals surface area contributed by atoms with Crippen molar-refractivity contribution in [1.82, 2.24) is 19.5 Å². The molecule has 6 aromatic carbocycles. The van der Waals surface area contributed by atoms with E-state index in [9.17, 15) is 0 Å². The number of para-hydroxylation sites is 1. The molecule has 1 aliphatic carbocycles. The first-order chi connectivity index (χ1) is 26.0. The predicted molar refractivity (Wildman–Crippen MR) is 222 cm³/mol. The lowest BCUT2D eigenvalue weighted by atomic mass is 9.94. The monoisotopic (exact) mass is 684 g/mol. The Balaban J connectivity index is 0.000000515. The Labute approximate surface area is 311 Å². The number of hydrogen-bond acceptors (Lipinski definition) is 3. The van der Waals surface area contributed by atoms with Gasteiger partial charge < -0.3 is 0 Å². The van der Waals surface area contributed by atoms with Crippen LogP contribution < -0.4 is 0 Å². The Morgan fingerprint density at radius 2 is 1.30 bits per heavy atom. The topological polar surface area (TPSA) is 43.6 Å². The summed E-state index contributed by atoms with van der Waals surface area (Å²) in [5.41, 5.74) is 15.2. The Morgan fingerprint density at radius 1 is 0.604 bits per heavy atom. The summed E-state index contributed by atoms with van der Waals surface area (Å²) >= 11 is 0. The molecule has 0 spiro atoms. The van der Waals surface area contributed by atoms with Crippen LogP contribution in [0.4, 0.5) is 0 Å². The van der Waals surface area contributed by atoms with Gasteiger partial charge in [-0.2, -0.15) is 9.97 Å². The van der Waals surface area contributed by atoms with Crippen LogP contribution in [-0.2, 0) is 6.42 Å². The molecule has 1 aliphatic rings. The van der Waals surface area contributed by atoms with Crippen molar-refractivity contribution in [3.63, 3.8) is 0 Å². The van der Waals surface area contributed by atoms with E-state index < -0.39 is 0 Å². The van der Waals surface area contributed by atoms with E-state index >= 15 is 0 Å². The van der Waals surface area contributed by atoms with Crippen LogP contribution in [0.1, 0.15) is 33.6 Å². The standard InChI is InChI=1S/C42H32N4.C7H8/c1-5-14-28(6-2)40-43-41(35-21-13-17-30-25-29-16-8-10-19-33(29)39(30)35)45-42(44-40)46-36-22-12-11-20-34(36)38-27(4)32(23-24-37(38)46)31-18-9-7-15-26(31)3;1-7-5-3-2-4-6-7/h5-24H,1-2,25H2,3-4H3;2-6H,1H3/b28-14+;. The Morgan fingerprint density at radius 3 is 2.06 bits per heavy atom. The van der Waals surface area contributed by atoms with E-state index in [0.29, 0.717) is 17.6 Å². The molecular weight excluding hydrogens is 645 g/mol. The highest BCUT2D eigenvalue weighted by Gasteiger charge is 2.25. The van der Waals surface area contributed by atoms with Crippen LogP contribution in [0, 0.1) is 20.8 Å². The number of allylic oxidation sites excluding steroid dienone is 4. The molecule has 4 heteroatoms. The van der Waals surface area contributed by atoms with Crippen molar-refractivity contribution in [1.29, 1.82) is 0 Å². The first-order valence-electron chi connectivity index (χ1n) is 18.0. The second kappa shape index (κ2) is 14.2. The van der Waals surface area contributed by atoms with E-state index in [4.69, 9.17) is 15.0 Å². The molecule has 2 aromatic heterocycles. The van der Waals surface area contributed by atoms with E-state index in [1.165, 1.54) is 55.5 Å². The van der Waals surface area contributed by atoms with Gasteiger partial charge in [-0.1, -0.05) is 158 Å². The zero-order valence-corrected chi connectivity index (χ0v) is 30.3. The summed E-state index contributed by atoms with van der Waals surface area (Å²) in [5, 5.41) is 2.36. The molecule has 0 saturated carbocycles. The van der Waals surface area contributed by atoms with E-state index in [1.54, 1.807) is 12.2 Å². The second-order valence-corrected chi connectivity index (χ2v) is 13.5. The third-order valence-electron chi connectivity index (χ3n) is 10.1. The zero-order valence-electron chi connectivity index (χ0n) is 30.3. The molecule has 256 valence electrons. The summed E-state index contributed by atoms with van der Waals surface area (Å²) in [6.07, 6.45) is 6.31. The number of nitrogens with zero attached hydrogens (tertiary/aromatic N) is 4. The molecule has 0 amide bonds. The largest absolute Gasteiger partial charge is 0.278 e. The maximum absolute atomic E-state index is 5.25. The summed E-state index contributed by atoms with van der Waals surface area (Å²) in [4.78, 5) is 15.4. The Hall–Kier alpha value is -6.65. The maximum Gasteiger partial charge on any atom is 0.238 e. The molecule has 0 radical (unpaired) electrons. The lowest BCUT2D eigenvalue weighted by molar-refractivity contribution is 0.932. The molecule has 4 nitrogen and oxygen atoms in total. The molecular formula is C49H40N4. The lowest BCUT2D eigenvalue weighted by Gasteiger charge is -2.14. The van der Waals surface area contributed by atoms with Gasteiger partial charge in [0.25, 0.3) is 0 Å². The molecule has 8 aromatic rings. The van der Waals surface area contributed by atoms with Crippen LogP contribution in [0.25, 0.3) is 67.0 Å². The fourth-order valence-electron chi connectivity index (χ4n) is 7.60. The predicted octanol–water partition coefficient (Wildman–Crippen LogP) is 12.2. The van der Waals surface area contributed by atoms with Crippen LogP contribution in [0.15, 0.2) is 165 Å². The highest BCUT2D eigenvalue weighted by molar-refractivity contribution is 6.12. The smallest absolute Gasteiger partial charge is 0.238 e. The van der Waals surface area contributed by atoms with Gasteiger partial charge in [0.05, 0.1) is 11.0 Å². The SMILES string of the molecule is C=C/C=C(\C=C)c1nc(-c2cccc3c2-c2ccccc2C3)nc(-n2c3ccccc3c3c(C)c(-c4ccccc4C)ccc32)n1.Cc1ccccc1. The summed E-state index contributed by atoms with van der Waals surface area (Å²) in [6.45, 7) is 14.5. The molecule has 2 heterocycles. The molecule has 0 bridgehead atoms.